The van der Waals surface area contributed by atoms with Gasteiger partial charge in [0.25, 0.3) is 0 Å². The van der Waals surface area contributed by atoms with Gasteiger partial charge >= 0.3 is 0 Å². The van der Waals surface area contributed by atoms with Crippen LogP contribution in [0.25, 0.3) is 0 Å². The molecular formula is C20H21BrN2O4. The Morgan fingerprint density at radius 1 is 1.15 bits per heavy atom. The molecule has 27 heavy (non-hydrogen) atoms. The molecule has 6 nitrogen and oxygen atoms in total. The Labute approximate surface area is 167 Å². The summed E-state index contributed by atoms with van der Waals surface area (Å²) in [6, 6.07) is 12.3. The molecule has 0 saturated carbocycles. The number of hydrogen-bond acceptors (Lipinski definition) is 5. The van der Waals surface area contributed by atoms with Gasteiger partial charge in [-0.3, -0.25) is 4.79 Å². The number of carbonyl (C=O) groups is 1. The van der Waals surface area contributed by atoms with Crippen LogP contribution in [-0.4, -0.2) is 27.2 Å². The quantitative estimate of drug-likeness (QED) is 0.685. The highest BCUT2D eigenvalue weighted by Gasteiger charge is 2.20. The van der Waals surface area contributed by atoms with Gasteiger partial charge in [0.1, 0.15) is 6.04 Å². The fraction of sp³-hybridized carbons (Fsp3) is 0.300. The number of nitrogens with zero attached hydrogens (tertiary/aromatic N) is 1. The van der Waals surface area contributed by atoms with Crippen LogP contribution >= 0.6 is 15.9 Å². The van der Waals surface area contributed by atoms with Gasteiger partial charge in [-0.05, 0) is 35.7 Å². The first-order valence-corrected chi connectivity index (χ1v) is 9.05. The molecule has 2 rings (SSSR count). The molecule has 0 radical (unpaired) electrons. The highest BCUT2D eigenvalue weighted by molar-refractivity contribution is 9.10. The highest BCUT2D eigenvalue weighted by atomic mass is 79.9. The molecule has 0 bridgehead atoms. The van der Waals surface area contributed by atoms with Crippen LogP contribution in [0.15, 0.2) is 40.9 Å². The first-order valence-electron chi connectivity index (χ1n) is 8.26. The summed E-state index contributed by atoms with van der Waals surface area (Å²) in [4.78, 5) is 12.3. The molecule has 0 aliphatic heterocycles. The lowest BCUT2D eigenvalue weighted by molar-refractivity contribution is -0.121. The third kappa shape index (κ3) is 5.14. The fourth-order valence-corrected chi connectivity index (χ4v) is 3.12. The molecule has 2 aromatic rings. The SMILES string of the molecule is COc1cc(C(C#N)NC(=O)CCc2ccccc2Br)cc(OC)c1OC. The van der Waals surface area contributed by atoms with Crippen molar-refractivity contribution in [2.75, 3.05) is 21.3 Å². The molecule has 0 fully saturated rings. The molecule has 1 atom stereocenters. The predicted octanol–water partition coefficient (Wildman–Crippen LogP) is 3.79. The van der Waals surface area contributed by atoms with Gasteiger partial charge in [0.2, 0.25) is 11.7 Å². The van der Waals surface area contributed by atoms with Crippen LogP contribution < -0.4 is 19.5 Å². The Morgan fingerprint density at radius 3 is 2.30 bits per heavy atom. The van der Waals surface area contributed by atoms with E-state index in [9.17, 15) is 10.1 Å². The maximum absolute atomic E-state index is 12.3. The third-order valence-electron chi connectivity index (χ3n) is 4.03. The lowest BCUT2D eigenvalue weighted by Gasteiger charge is -2.17. The van der Waals surface area contributed by atoms with Crippen molar-refractivity contribution in [3.63, 3.8) is 0 Å². The van der Waals surface area contributed by atoms with Crippen LogP contribution in [0.5, 0.6) is 17.2 Å². The maximum Gasteiger partial charge on any atom is 0.221 e. The molecule has 0 aromatic heterocycles. The molecule has 0 saturated heterocycles. The van der Waals surface area contributed by atoms with E-state index in [0.29, 0.717) is 29.2 Å². The Morgan fingerprint density at radius 2 is 1.78 bits per heavy atom. The van der Waals surface area contributed by atoms with Crippen molar-refractivity contribution in [3.05, 3.63) is 52.0 Å². The van der Waals surface area contributed by atoms with E-state index in [4.69, 9.17) is 14.2 Å². The van der Waals surface area contributed by atoms with Gasteiger partial charge in [0.15, 0.2) is 11.5 Å². The Bertz CT molecular complexity index is 823. The largest absolute Gasteiger partial charge is 0.493 e. The number of nitrogens with one attached hydrogen (secondary N) is 1. The average Bonchev–Trinajstić information content (AvgIpc) is 2.70. The highest BCUT2D eigenvalue weighted by Crippen LogP contribution is 2.39. The van der Waals surface area contributed by atoms with E-state index in [0.717, 1.165) is 10.0 Å². The maximum atomic E-state index is 12.3. The second-order valence-electron chi connectivity index (χ2n) is 5.68. The zero-order valence-electron chi connectivity index (χ0n) is 15.4. The zero-order chi connectivity index (χ0) is 19.8. The molecule has 0 heterocycles. The van der Waals surface area contributed by atoms with Crippen molar-refractivity contribution < 1.29 is 19.0 Å². The molecular weight excluding hydrogens is 412 g/mol. The third-order valence-corrected chi connectivity index (χ3v) is 4.81. The number of ether oxygens (including phenoxy) is 3. The molecule has 1 unspecified atom stereocenters. The number of benzene rings is 2. The van der Waals surface area contributed by atoms with Gasteiger partial charge in [0.05, 0.1) is 27.4 Å². The van der Waals surface area contributed by atoms with Crippen molar-refractivity contribution >= 4 is 21.8 Å². The first kappa shape index (κ1) is 20.6. The Balaban J connectivity index is 2.13. The molecule has 142 valence electrons. The number of hydrogen-bond donors (Lipinski definition) is 1. The van der Waals surface area contributed by atoms with E-state index in [1.54, 1.807) is 12.1 Å². The number of nitriles is 1. The minimum atomic E-state index is -0.828. The molecule has 1 amide bonds. The normalized spacial score (nSPS) is 11.2. The molecule has 7 heteroatoms. The van der Waals surface area contributed by atoms with Gasteiger partial charge in [-0.2, -0.15) is 5.26 Å². The van der Waals surface area contributed by atoms with Gasteiger partial charge in [-0.15, -0.1) is 0 Å². The summed E-state index contributed by atoms with van der Waals surface area (Å²) in [6.45, 7) is 0. The van der Waals surface area contributed by atoms with Crippen molar-refractivity contribution in [3.8, 4) is 23.3 Å². The second-order valence-corrected chi connectivity index (χ2v) is 6.53. The van der Waals surface area contributed by atoms with E-state index in [-0.39, 0.29) is 12.3 Å². The van der Waals surface area contributed by atoms with Gasteiger partial charge in [-0.25, -0.2) is 0 Å². The summed E-state index contributed by atoms with van der Waals surface area (Å²) < 4.78 is 16.8. The number of amides is 1. The van der Waals surface area contributed by atoms with E-state index < -0.39 is 6.04 Å². The van der Waals surface area contributed by atoms with Gasteiger partial charge < -0.3 is 19.5 Å². The summed E-state index contributed by atoms with van der Waals surface area (Å²) in [7, 11) is 4.50. The molecule has 0 aliphatic rings. The number of halogens is 1. The van der Waals surface area contributed by atoms with Gasteiger partial charge in [-0.1, -0.05) is 34.1 Å². The molecule has 2 aromatic carbocycles. The monoisotopic (exact) mass is 432 g/mol. The van der Waals surface area contributed by atoms with Crippen molar-refractivity contribution in [2.45, 2.75) is 18.9 Å². The summed E-state index contributed by atoms with van der Waals surface area (Å²) in [5, 5.41) is 12.3. The van der Waals surface area contributed by atoms with Crippen LogP contribution in [-0.2, 0) is 11.2 Å². The topological polar surface area (TPSA) is 80.6 Å². The molecule has 0 spiro atoms. The number of methoxy groups -OCH3 is 3. The lowest BCUT2D eigenvalue weighted by Crippen LogP contribution is -2.27. The van der Waals surface area contributed by atoms with Crippen LogP contribution in [0.1, 0.15) is 23.6 Å². The molecule has 0 aliphatic carbocycles. The van der Waals surface area contributed by atoms with E-state index in [1.807, 2.05) is 24.3 Å². The van der Waals surface area contributed by atoms with Crippen molar-refractivity contribution in [1.82, 2.24) is 5.32 Å². The van der Waals surface area contributed by atoms with Crippen LogP contribution in [0.4, 0.5) is 0 Å². The number of rotatable bonds is 8. The first-order chi connectivity index (χ1) is 13.0. The number of carbonyl (C=O) groups excluding carboxylic acids is 1. The zero-order valence-corrected chi connectivity index (χ0v) is 17.0. The second kappa shape index (κ2) is 9.83. The van der Waals surface area contributed by atoms with Crippen LogP contribution in [0.2, 0.25) is 0 Å². The number of aryl methyl sites for hydroxylation is 1. The predicted molar refractivity (Wildman–Crippen MR) is 105 cm³/mol. The summed E-state index contributed by atoms with van der Waals surface area (Å²) >= 11 is 3.47. The Hall–Kier alpha value is -2.72. The standard InChI is InChI=1S/C20H21BrN2O4/c1-25-17-10-14(11-18(26-2)20(17)27-3)16(12-22)23-19(24)9-8-13-6-4-5-7-15(13)21/h4-7,10-11,16H,8-9H2,1-3H3,(H,23,24). The summed E-state index contributed by atoms with van der Waals surface area (Å²) in [6.07, 6.45) is 0.839. The lowest BCUT2D eigenvalue weighted by atomic mass is 10.1. The minimum Gasteiger partial charge on any atom is -0.493 e. The fourth-order valence-electron chi connectivity index (χ4n) is 2.64. The van der Waals surface area contributed by atoms with Crippen molar-refractivity contribution in [2.24, 2.45) is 0 Å². The summed E-state index contributed by atoms with van der Waals surface area (Å²) in [5.41, 5.74) is 1.59. The minimum absolute atomic E-state index is 0.217. The van der Waals surface area contributed by atoms with E-state index in [2.05, 4.69) is 27.3 Å². The Kier molecular flexibility index (Phi) is 7.50. The average molecular weight is 433 g/mol. The molecule has 1 N–H and O–H groups in total. The van der Waals surface area contributed by atoms with Crippen LogP contribution in [0.3, 0.4) is 0 Å². The smallest absolute Gasteiger partial charge is 0.221 e. The van der Waals surface area contributed by atoms with E-state index >= 15 is 0 Å². The van der Waals surface area contributed by atoms with Gasteiger partial charge in [0, 0.05) is 10.9 Å². The van der Waals surface area contributed by atoms with E-state index in [1.165, 1.54) is 21.3 Å². The van der Waals surface area contributed by atoms with Crippen molar-refractivity contribution in [1.29, 1.82) is 5.26 Å². The van der Waals surface area contributed by atoms with Crippen LogP contribution in [0, 0.1) is 11.3 Å². The summed E-state index contributed by atoms with van der Waals surface area (Å²) in [5.74, 6) is 1.07.